The first-order valence-corrected chi connectivity index (χ1v) is 6.87. The molecule has 106 valence electrons. The Morgan fingerprint density at radius 3 is 2.30 bits per heavy atom. The Morgan fingerprint density at radius 1 is 1.00 bits per heavy atom. The quantitative estimate of drug-likeness (QED) is 0.505. The molecule has 1 unspecified atom stereocenters. The minimum Gasteiger partial charge on any atom is -0.271 e. The minimum atomic E-state index is -0.656. The minimum absolute atomic E-state index is 0.330. The third kappa shape index (κ3) is 4.00. The summed E-state index contributed by atoms with van der Waals surface area (Å²) in [6.45, 7) is 0. The molecule has 0 radical (unpaired) electrons. The molecule has 0 saturated heterocycles. The summed E-state index contributed by atoms with van der Waals surface area (Å²) in [6.07, 6.45) is 0. The molecule has 3 N–H and O–H groups in total. The van der Waals surface area contributed by atoms with Crippen molar-refractivity contribution in [3.63, 3.8) is 0 Å². The maximum atomic E-state index is 13.2. The van der Waals surface area contributed by atoms with E-state index >= 15 is 0 Å². The van der Waals surface area contributed by atoms with E-state index in [9.17, 15) is 13.2 Å². The number of hydrogen-bond donors (Lipinski definition) is 2. The first-order valence-electron chi connectivity index (χ1n) is 5.89. The zero-order valence-electron chi connectivity index (χ0n) is 10.4. The van der Waals surface area contributed by atoms with Crippen molar-refractivity contribution >= 4 is 11.8 Å². The highest BCUT2D eigenvalue weighted by atomic mass is 32.2. The van der Waals surface area contributed by atoms with E-state index in [1.54, 1.807) is 12.1 Å². The molecule has 0 aliphatic rings. The Labute approximate surface area is 119 Å². The lowest BCUT2D eigenvalue weighted by Gasteiger charge is -2.16. The molecule has 6 heteroatoms. The second kappa shape index (κ2) is 6.78. The number of halogens is 3. The molecule has 2 aromatic rings. The molecular formula is C14H13F3N2S. The van der Waals surface area contributed by atoms with Crippen molar-refractivity contribution in [3.05, 3.63) is 65.5 Å². The normalized spacial score (nSPS) is 12.4. The first-order chi connectivity index (χ1) is 9.58. The molecule has 0 aliphatic heterocycles. The van der Waals surface area contributed by atoms with Crippen LogP contribution in [0.1, 0.15) is 11.6 Å². The highest BCUT2D eigenvalue weighted by molar-refractivity contribution is 7.99. The molecule has 2 nitrogen and oxygen atoms in total. The molecule has 0 bridgehead atoms. The van der Waals surface area contributed by atoms with Crippen LogP contribution in [0.5, 0.6) is 0 Å². The molecule has 1 atom stereocenters. The van der Waals surface area contributed by atoms with Crippen LogP contribution in [0.25, 0.3) is 0 Å². The number of nitrogens with one attached hydrogen (secondary N) is 1. The van der Waals surface area contributed by atoms with Crippen LogP contribution < -0.4 is 11.3 Å². The Morgan fingerprint density at radius 2 is 1.70 bits per heavy atom. The van der Waals surface area contributed by atoms with E-state index in [-0.39, 0.29) is 5.82 Å². The van der Waals surface area contributed by atoms with E-state index in [1.165, 1.54) is 36.0 Å². The van der Waals surface area contributed by atoms with Crippen LogP contribution in [0.2, 0.25) is 0 Å². The van der Waals surface area contributed by atoms with Crippen LogP contribution in [-0.2, 0) is 0 Å². The maximum absolute atomic E-state index is 13.2. The summed E-state index contributed by atoms with van der Waals surface area (Å²) in [5, 5.41) is 0. The predicted octanol–water partition coefficient (Wildman–Crippen LogP) is 3.40. The van der Waals surface area contributed by atoms with Gasteiger partial charge in [-0.3, -0.25) is 11.3 Å². The van der Waals surface area contributed by atoms with E-state index < -0.39 is 17.7 Å². The zero-order valence-corrected chi connectivity index (χ0v) is 11.3. The topological polar surface area (TPSA) is 38.0 Å². The summed E-state index contributed by atoms with van der Waals surface area (Å²) < 4.78 is 39.4. The van der Waals surface area contributed by atoms with E-state index in [4.69, 9.17) is 5.84 Å². The number of hydrogen-bond acceptors (Lipinski definition) is 3. The summed E-state index contributed by atoms with van der Waals surface area (Å²) in [5.74, 6) is 4.19. The second-order valence-electron chi connectivity index (χ2n) is 4.19. The SMILES string of the molecule is NNC(CSc1cccc(F)c1)c1cc(F)cc(F)c1. The van der Waals surface area contributed by atoms with Crippen LogP contribution in [-0.4, -0.2) is 5.75 Å². The third-order valence-electron chi connectivity index (χ3n) is 2.70. The van der Waals surface area contributed by atoms with E-state index in [1.807, 2.05) is 0 Å². The van der Waals surface area contributed by atoms with E-state index in [0.29, 0.717) is 11.3 Å². The summed E-state index contributed by atoms with van der Waals surface area (Å²) in [4.78, 5) is 0.724. The van der Waals surface area contributed by atoms with Gasteiger partial charge in [0.25, 0.3) is 0 Å². The van der Waals surface area contributed by atoms with Crippen molar-refractivity contribution < 1.29 is 13.2 Å². The van der Waals surface area contributed by atoms with Gasteiger partial charge in [-0.2, -0.15) is 0 Å². The smallest absolute Gasteiger partial charge is 0.126 e. The van der Waals surface area contributed by atoms with Gasteiger partial charge in [-0.25, -0.2) is 13.2 Å². The molecule has 0 aliphatic carbocycles. The van der Waals surface area contributed by atoms with Crippen LogP contribution in [0.15, 0.2) is 47.4 Å². The molecular weight excluding hydrogens is 285 g/mol. The van der Waals surface area contributed by atoms with Crippen molar-refractivity contribution in [2.24, 2.45) is 5.84 Å². The van der Waals surface area contributed by atoms with Crippen molar-refractivity contribution in [3.8, 4) is 0 Å². The summed E-state index contributed by atoms with van der Waals surface area (Å²) >= 11 is 1.35. The fourth-order valence-electron chi connectivity index (χ4n) is 1.75. The standard InChI is InChI=1S/C14H13F3N2S/c15-10-2-1-3-13(7-10)20-8-14(19-18)9-4-11(16)6-12(17)5-9/h1-7,14,19H,8,18H2. The van der Waals surface area contributed by atoms with E-state index in [0.717, 1.165) is 11.0 Å². The van der Waals surface area contributed by atoms with Crippen LogP contribution in [0.4, 0.5) is 13.2 Å². The monoisotopic (exact) mass is 298 g/mol. The van der Waals surface area contributed by atoms with Crippen molar-refractivity contribution in [2.75, 3.05) is 5.75 Å². The van der Waals surface area contributed by atoms with Gasteiger partial charge in [0.15, 0.2) is 0 Å². The lowest BCUT2D eigenvalue weighted by Crippen LogP contribution is -2.29. The predicted molar refractivity (Wildman–Crippen MR) is 73.5 cm³/mol. The van der Waals surface area contributed by atoms with Crippen molar-refractivity contribution in [1.82, 2.24) is 5.43 Å². The van der Waals surface area contributed by atoms with Crippen LogP contribution in [0.3, 0.4) is 0 Å². The van der Waals surface area contributed by atoms with Gasteiger partial charge >= 0.3 is 0 Å². The van der Waals surface area contributed by atoms with Gasteiger partial charge in [0.2, 0.25) is 0 Å². The number of benzene rings is 2. The molecule has 20 heavy (non-hydrogen) atoms. The Bertz CT molecular complexity index is 572. The summed E-state index contributed by atoms with van der Waals surface area (Å²) in [5.41, 5.74) is 2.92. The van der Waals surface area contributed by atoms with Gasteiger partial charge in [-0.15, -0.1) is 11.8 Å². The average Bonchev–Trinajstić information content (AvgIpc) is 2.38. The van der Waals surface area contributed by atoms with Crippen molar-refractivity contribution in [1.29, 1.82) is 0 Å². The molecule has 0 fully saturated rings. The average molecular weight is 298 g/mol. The van der Waals surface area contributed by atoms with Gasteiger partial charge in [0.05, 0.1) is 6.04 Å². The van der Waals surface area contributed by atoms with E-state index in [2.05, 4.69) is 5.43 Å². The number of thioether (sulfide) groups is 1. The lowest BCUT2D eigenvalue weighted by molar-refractivity contribution is 0.559. The van der Waals surface area contributed by atoms with Gasteiger partial charge < -0.3 is 0 Å². The fraction of sp³-hybridized carbons (Fsp3) is 0.143. The van der Waals surface area contributed by atoms with Gasteiger partial charge in [0, 0.05) is 16.7 Å². The first kappa shape index (κ1) is 14.9. The molecule has 0 aromatic heterocycles. The summed E-state index contributed by atoms with van der Waals surface area (Å²) in [7, 11) is 0. The third-order valence-corrected chi connectivity index (χ3v) is 3.79. The van der Waals surface area contributed by atoms with Crippen molar-refractivity contribution in [2.45, 2.75) is 10.9 Å². The highest BCUT2D eigenvalue weighted by Gasteiger charge is 2.13. The molecule has 2 aromatic carbocycles. The molecule has 2 rings (SSSR count). The van der Waals surface area contributed by atoms with Crippen LogP contribution in [0, 0.1) is 17.5 Å². The van der Waals surface area contributed by atoms with Crippen LogP contribution >= 0.6 is 11.8 Å². The molecule has 0 spiro atoms. The second-order valence-corrected chi connectivity index (χ2v) is 5.28. The fourth-order valence-corrected chi connectivity index (χ4v) is 2.77. The Hall–Kier alpha value is -1.50. The summed E-state index contributed by atoms with van der Waals surface area (Å²) in [6, 6.07) is 8.91. The molecule has 0 amide bonds. The Balaban J connectivity index is 2.09. The van der Waals surface area contributed by atoms with Gasteiger partial charge in [0.1, 0.15) is 17.5 Å². The Kier molecular flexibility index (Phi) is 5.05. The number of hydrazine groups is 1. The molecule has 0 saturated carbocycles. The largest absolute Gasteiger partial charge is 0.271 e. The highest BCUT2D eigenvalue weighted by Crippen LogP contribution is 2.25. The lowest BCUT2D eigenvalue weighted by atomic mass is 10.1. The number of rotatable bonds is 5. The molecule has 0 heterocycles. The van der Waals surface area contributed by atoms with Gasteiger partial charge in [-0.1, -0.05) is 6.07 Å². The zero-order chi connectivity index (χ0) is 14.5. The number of nitrogens with two attached hydrogens (primary N) is 1. The maximum Gasteiger partial charge on any atom is 0.126 e. The van der Waals surface area contributed by atoms with Gasteiger partial charge in [-0.05, 0) is 35.9 Å².